The molecular weight excluding hydrogens is 222 g/mol. The summed E-state index contributed by atoms with van der Waals surface area (Å²) in [5, 5.41) is 8.73. The third-order valence-electron chi connectivity index (χ3n) is 2.91. The zero-order chi connectivity index (χ0) is 11.4. The van der Waals surface area contributed by atoms with Crippen LogP contribution in [0.2, 0.25) is 0 Å². The molecule has 0 amide bonds. The molecule has 0 bridgehead atoms. The van der Waals surface area contributed by atoms with Crippen molar-refractivity contribution in [1.29, 1.82) is 0 Å². The Labute approximate surface area is 107 Å². The summed E-state index contributed by atoms with van der Waals surface area (Å²) in [5.74, 6) is 0. The van der Waals surface area contributed by atoms with Crippen LogP contribution >= 0.6 is 12.4 Å². The Morgan fingerprint density at radius 3 is 1.75 bits per heavy atom. The largest absolute Gasteiger partial charge is 0.395 e. The number of hydrogen-bond acceptors (Lipinski definition) is 2. The lowest BCUT2D eigenvalue weighted by Crippen LogP contribution is -2.23. The molecule has 0 saturated carbocycles. The first-order valence-corrected chi connectivity index (χ1v) is 6.67. The second kappa shape index (κ2) is 15.2. The molecule has 0 aromatic heterocycles. The van der Waals surface area contributed by atoms with E-state index in [-0.39, 0.29) is 25.1 Å². The summed E-state index contributed by atoms with van der Waals surface area (Å²) in [6, 6.07) is 0.00885. The Hall–Kier alpha value is 0.210. The summed E-state index contributed by atoms with van der Waals surface area (Å²) in [5.41, 5.74) is 5.62. The fourth-order valence-corrected chi connectivity index (χ4v) is 1.81. The summed E-state index contributed by atoms with van der Waals surface area (Å²) in [7, 11) is 0. The van der Waals surface area contributed by atoms with Gasteiger partial charge in [0, 0.05) is 6.04 Å². The summed E-state index contributed by atoms with van der Waals surface area (Å²) < 4.78 is 0. The van der Waals surface area contributed by atoms with Crippen LogP contribution in [0.15, 0.2) is 0 Å². The average Bonchev–Trinajstić information content (AvgIpc) is 2.26. The fraction of sp³-hybridized carbons (Fsp3) is 1.00. The van der Waals surface area contributed by atoms with E-state index < -0.39 is 0 Å². The van der Waals surface area contributed by atoms with Crippen molar-refractivity contribution >= 4 is 12.4 Å². The van der Waals surface area contributed by atoms with Crippen LogP contribution in [-0.4, -0.2) is 17.8 Å². The van der Waals surface area contributed by atoms with Gasteiger partial charge in [-0.2, -0.15) is 0 Å². The summed E-state index contributed by atoms with van der Waals surface area (Å²) in [4.78, 5) is 0. The molecule has 16 heavy (non-hydrogen) atoms. The molecule has 0 rings (SSSR count). The maximum absolute atomic E-state index is 8.73. The predicted molar refractivity (Wildman–Crippen MR) is 74.2 cm³/mol. The van der Waals surface area contributed by atoms with Crippen molar-refractivity contribution in [3.05, 3.63) is 0 Å². The SMILES string of the molecule is CCCCCCCCCCCC(N)CO.Cl. The van der Waals surface area contributed by atoms with E-state index in [4.69, 9.17) is 10.8 Å². The van der Waals surface area contributed by atoms with Gasteiger partial charge in [0.1, 0.15) is 0 Å². The van der Waals surface area contributed by atoms with Gasteiger partial charge in [0.15, 0.2) is 0 Å². The zero-order valence-electron chi connectivity index (χ0n) is 10.8. The van der Waals surface area contributed by atoms with E-state index in [9.17, 15) is 0 Å². The Kier molecular flexibility index (Phi) is 17.7. The van der Waals surface area contributed by atoms with Crippen molar-refractivity contribution in [3.63, 3.8) is 0 Å². The van der Waals surface area contributed by atoms with Crippen molar-refractivity contribution in [2.24, 2.45) is 5.73 Å². The van der Waals surface area contributed by atoms with Crippen LogP contribution in [0.25, 0.3) is 0 Å². The van der Waals surface area contributed by atoms with Gasteiger partial charge in [-0.15, -0.1) is 12.4 Å². The first-order valence-electron chi connectivity index (χ1n) is 6.67. The first kappa shape index (κ1) is 18.6. The summed E-state index contributed by atoms with van der Waals surface area (Å²) in [6.07, 6.45) is 13.1. The van der Waals surface area contributed by atoms with Crippen molar-refractivity contribution in [1.82, 2.24) is 0 Å². The second-order valence-electron chi connectivity index (χ2n) is 4.56. The molecule has 1 unspecified atom stereocenters. The highest BCUT2D eigenvalue weighted by Gasteiger charge is 1.99. The van der Waals surface area contributed by atoms with Gasteiger partial charge in [0.2, 0.25) is 0 Å². The van der Waals surface area contributed by atoms with E-state index >= 15 is 0 Å². The molecule has 0 fully saturated rings. The van der Waals surface area contributed by atoms with Crippen molar-refractivity contribution in [3.8, 4) is 0 Å². The minimum absolute atomic E-state index is 0. The average molecular weight is 252 g/mol. The number of nitrogens with two attached hydrogens (primary N) is 1. The van der Waals surface area contributed by atoms with Gasteiger partial charge < -0.3 is 10.8 Å². The molecule has 0 aliphatic rings. The van der Waals surface area contributed by atoms with Crippen molar-refractivity contribution in [2.45, 2.75) is 77.2 Å². The lowest BCUT2D eigenvalue weighted by molar-refractivity contribution is 0.257. The Balaban J connectivity index is 0. The van der Waals surface area contributed by atoms with Crippen LogP contribution in [0, 0.1) is 0 Å². The molecule has 0 radical (unpaired) electrons. The van der Waals surface area contributed by atoms with E-state index in [2.05, 4.69) is 6.92 Å². The molecule has 0 aliphatic carbocycles. The molecular formula is C13H30ClNO. The monoisotopic (exact) mass is 251 g/mol. The normalized spacial score (nSPS) is 12.2. The molecule has 0 spiro atoms. The van der Waals surface area contributed by atoms with Gasteiger partial charge >= 0.3 is 0 Å². The molecule has 1 atom stereocenters. The molecule has 3 N–H and O–H groups in total. The molecule has 0 aromatic carbocycles. The van der Waals surface area contributed by atoms with Gasteiger partial charge in [0.25, 0.3) is 0 Å². The molecule has 0 aromatic rings. The lowest BCUT2D eigenvalue weighted by Gasteiger charge is -2.06. The number of aliphatic hydroxyl groups excluding tert-OH is 1. The molecule has 2 nitrogen and oxygen atoms in total. The molecule has 0 heterocycles. The van der Waals surface area contributed by atoms with E-state index in [0.29, 0.717) is 0 Å². The number of halogens is 1. The standard InChI is InChI=1S/C13H29NO.ClH/c1-2-3-4-5-6-7-8-9-10-11-13(14)12-15;/h13,15H,2-12,14H2,1H3;1H. The maximum Gasteiger partial charge on any atom is 0.0582 e. The zero-order valence-corrected chi connectivity index (χ0v) is 11.6. The van der Waals surface area contributed by atoms with Crippen LogP contribution in [0.5, 0.6) is 0 Å². The van der Waals surface area contributed by atoms with Crippen LogP contribution in [-0.2, 0) is 0 Å². The first-order chi connectivity index (χ1) is 7.31. The van der Waals surface area contributed by atoms with Gasteiger partial charge in [-0.25, -0.2) is 0 Å². The van der Waals surface area contributed by atoms with E-state index in [1.165, 1.54) is 57.8 Å². The third kappa shape index (κ3) is 14.2. The van der Waals surface area contributed by atoms with Crippen LogP contribution in [0.4, 0.5) is 0 Å². The smallest absolute Gasteiger partial charge is 0.0582 e. The lowest BCUT2D eigenvalue weighted by atomic mass is 10.0. The Bertz CT molecular complexity index is 123. The van der Waals surface area contributed by atoms with Crippen molar-refractivity contribution in [2.75, 3.05) is 6.61 Å². The highest BCUT2D eigenvalue weighted by molar-refractivity contribution is 5.85. The highest BCUT2D eigenvalue weighted by Crippen LogP contribution is 2.10. The number of aliphatic hydroxyl groups is 1. The molecule has 0 aliphatic heterocycles. The topological polar surface area (TPSA) is 46.2 Å². The summed E-state index contributed by atoms with van der Waals surface area (Å²) >= 11 is 0. The fourth-order valence-electron chi connectivity index (χ4n) is 1.81. The number of rotatable bonds is 11. The van der Waals surface area contributed by atoms with Crippen molar-refractivity contribution < 1.29 is 5.11 Å². The number of hydrogen-bond donors (Lipinski definition) is 2. The van der Waals surface area contributed by atoms with E-state index in [0.717, 1.165) is 6.42 Å². The second-order valence-corrected chi connectivity index (χ2v) is 4.56. The van der Waals surface area contributed by atoms with E-state index in [1.54, 1.807) is 0 Å². The minimum Gasteiger partial charge on any atom is -0.395 e. The van der Waals surface area contributed by atoms with Gasteiger partial charge in [-0.3, -0.25) is 0 Å². The van der Waals surface area contributed by atoms with Crippen LogP contribution < -0.4 is 5.73 Å². The van der Waals surface area contributed by atoms with E-state index in [1.807, 2.05) is 0 Å². The van der Waals surface area contributed by atoms with Crippen LogP contribution in [0.3, 0.4) is 0 Å². The highest BCUT2D eigenvalue weighted by atomic mass is 35.5. The van der Waals surface area contributed by atoms with Crippen LogP contribution in [0.1, 0.15) is 71.1 Å². The van der Waals surface area contributed by atoms with Gasteiger partial charge in [0.05, 0.1) is 6.61 Å². The number of unbranched alkanes of at least 4 members (excludes halogenated alkanes) is 8. The van der Waals surface area contributed by atoms with Gasteiger partial charge in [-0.05, 0) is 6.42 Å². The quantitative estimate of drug-likeness (QED) is 0.551. The summed E-state index contributed by atoms with van der Waals surface area (Å²) in [6.45, 7) is 2.39. The maximum atomic E-state index is 8.73. The predicted octanol–water partition coefficient (Wildman–Crippen LogP) is 3.65. The third-order valence-corrected chi connectivity index (χ3v) is 2.91. The minimum atomic E-state index is 0. The Morgan fingerprint density at radius 2 is 1.31 bits per heavy atom. The van der Waals surface area contributed by atoms with Gasteiger partial charge in [-0.1, -0.05) is 64.7 Å². The molecule has 100 valence electrons. The molecule has 3 heteroatoms. The Morgan fingerprint density at radius 1 is 0.875 bits per heavy atom. The molecule has 0 saturated heterocycles.